The fourth-order valence-electron chi connectivity index (χ4n) is 3.88. The van der Waals surface area contributed by atoms with E-state index in [4.69, 9.17) is 14.2 Å². The third kappa shape index (κ3) is 3.91. The second-order valence-electron chi connectivity index (χ2n) is 7.47. The number of rotatable bonds is 7. The standard InChI is InChI=1S/C26H25NO5/c1-4-31-26(29)18-13-15-19(16-14-18)27-23(20-10-6-8-12-22(20)30-3)24(25(27)28)32-21-11-7-5-9-17(21)2/h5-16,23-24H,4H2,1-3H3/t23-,24-/m1/s1. The highest BCUT2D eigenvalue weighted by Gasteiger charge is 2.52. The molecule has 164 valence electrons. The molecule has 1 heterocycles. The van der Waals surface area contributed by atoms with Gasteiger partial charge in [0.25, 0.3) is 5.91 Å². The van der Waals surface area contributed by atoms with E-state index in [1.54, 1.807) is 43.2 Å². The van der Waals surface area contributed by atoms with Crippen LogP contribution in [-0.2, 0) is 9.53 Å². The monoisotopic (exact) mass is 431 g/mol. The molecule has 0 radical (unpaired) electrons. The summed E-state index contributed by atoms with van der Waals surface area (Å²) in [7, 11) is 1.61. The van der Waals surface area contributed by atoms with Gasteiger partial charge in [-0.05, 0) is 55.8 Å². The number of β-lactam (4-membered cyclic amide) rings is 1. The first kappa shape index (κ1) is 21.4. The zero-order chi connectivity index (χ0) is 22.7. The Morgan fingerprint density at radius 1 is 0.938 bits per heavy atom. The lowest BCUT2D eigenvalue weighted by molar-refractivity contribution is -0.135. The van der Waals surface area contributed by atoms with E-state index in [-0.39, 0.29) is 11.9 Å². The van der Waals surface area contributed by atoms with Gasteiger partial charge in [-0.25, -0.2) is 4.79 Å². The first-order chi connectivity index (χ1) is 15.5. The van der Waals surface area contributed by atoms with E-state index in [1.165, 1.54) is 0 Å². The van der Waals surface area contributed by atoms with Crippen molar-refractivity contribution in [3.63, 3.8) is 0 Å². The first-order valence-corrected chi connectivity index (χ1v) is 10.5. The molecular weight excluding hydrogens is 406 g/mol. The van der Waals surface area contributed by atoms with Gasteiger partial charge in [-0.15, -0.1) is 0 Å². The minimum absolute atomic E-state index is 0.159. The lowest BCUT2D eigenvalue weighted by Crippen LogP contribution is -2.61. The Labute approximate surface area is 187 Å². The van der Waals surface area contributed by atoms with Crippen LogP contribution in [0, 0.1) is 6.92 Å². The third-order valence-electron chi connectivity index (χ3n) is 5.51. The number of hydrogen-bond donors (Lipinski definition) is 0. The molecule has 6 heteroatoms. The van der Waals surface area contributed by atoms with Crippen LogP contribution >= 0.6 is 0 Å². The molecule has 6 nitrogen and oxygen atoms in total. The fourth-order valence-corrected chi connectivity index (χ4v) is 3.88. The van der Waals surface area contributed by atoms with Gasteiger partial charge in [-0.1, -0.05) is 36.4 Å². The lowest BCUT2D eigenvalue weighted by Gasteiger charge is -2.47. The van der Waals surface area contributed by atoms with Gasteiger partial charge in [0.15, 0.2) is 0 Å². The van der Waals surface area contributed by atoms with E-state index in [1.807, 2.05) is 55.5 Å². The zero-order valence-corrected chi connectivity index (χ0v) is 18.3. The maximum Gasteiger partial charge on any atom is 0.338 e. The summed E-state index contributed by atoms with van der Waals surface area (Å²) in [5.74, 6) is 0.795. The smallest absolute Gasteiger partial charge is 0.338 e. The SMILES string of the molecule is CCOC(=O)c1ccc(N2C(=O)[C@H](Oc3ccccc3C)[C@H]2c2ccccc2OC)cc1. The molecule has 0 N–H and O–H groups in total. The second kappa shape index (κ2) is 9.14. The summed E-state index contributed by atoms with van der Waals surface area (Å²) in [6, 6.07) is 21.7. The van der Waals surface area contributed by atoms with Crippen molar-refractivity contribution in [1.29, 1.82) is 0 Å². The average Bonchev–Trinajstić information content (AvgIpc) is 2.82. The highest BCUT2D eigenvalue weighted by molar-refractivity contribution is 6.06. The Bertz CT molecular complexity index is 1130. The maximum atomic E-state index is 13.3. The first-order valence-electron chi connectivity index (χ1n) is 10.5. The predicted molar refractivity (Wildman–Crippen MR) is 121 cm³/mol. The lowest BCUT2D eigenvalue weighted by atomic mass is 9.88. The van der Waals surface area contributed by atoms with Gasteiger partial charge >= 0.3 is 5.97 Å². The van der Waals surface area contributed by atoms with E-state index in [0.717, 1.165) is 11.1 Å². The molecule has 0 spiro atoms. The number of benzene rings is 3. The predicted octanol–water partition coefficient (Wildman–Crippen LogP) is 4.72. The van der Waals surface area contributed by atoms with Crippen molar-refractivity contribution in [3.05, 3.63) is 89.5 Å². The molecule has 0 unspecified atom stereocenters. The number of esters is 1. The van der Waals surface area contributed by atoms with Crippen molar-refractivity contribution >= 4 is 17.6 Å². The number of ether oxygens (including phenoxy) is 3. The largest absolute Gasteiger partial charge is 0.496 e. The number of nitrogens with zero attached hydrogens (tertiary/aromatic N) is 1. The Kier molecular flexibility index (Phi) is 6.12. The Morgan fingerprint density at radius 3 is 2.25 bits per heavy atom. The maximum absolute atomic E-state index is 13.3. The summed E-state index contributed by atoms with van der Waals surface area (Å²) in [5, 5.41) is 0. The fraction of sp³-hybridized carbons (Fsp3) is 0.231. The van der Waals surface area contributed by atoms with Crippen LogP contribution in [0.1, 0.15) is 34.5 Å². The molecular formula is C26H25NO5. The van der Waals surface area contributed by atoms with Crippen LogP contribution in [0.25, 0.3) is 0 Å². The number of methoxy groups -OCH3 is 1. The van der Waals surface area contributed by atoms with Gasteiger partial charge < -0.3 is 14.2 Å². The quantitative estimate of drug-likeness (QED) is 0.400. The van der Waals surface area contributed by atoms with Gasteiger partial charge in [0.1, 0.15) is 17.5 Å². The van der Waals surface area contributed by atoms with Crippen LogP contribution in [0.3, 0.4) is 0 Å². The van der Waals surface area contributed by atoms with Crippen molar-refractivity contribution in [3.8, 4) is 11.5 Å². The van der Waals surface area contributed by atoms with Crippen molar-refractivity contribution in [2.24, 2.45) is 0 Å². The van der Waals surface area contributed by atoms with E-state index < -0.39 is 12.1 Å². The average molecular weight is 431 g/mol. The molecule has 4 rings (SSSR count). The van der Waals surface area contributed by atoms with Crippen LogP contribution < -0.4 is 14.4 Å². The number of anilines is 1. The van der Waals surface area contributed by atoms with Gasteiger partial charge in [0.2, 0.25) is 6.10 Å². The molecule has 2 atom stereocenters. The van der Waals surface area contributed by atoms with Crippen molar-refractivity contribution in [2.45, 2.75) is 26.0 Å². The summed E-state index contributed by atoms with van der Waals surface area (Å²) in [6.07, 6.45) is -0.697. The molecule has 0 saturated carbocycles. The van der Waals surface area contributed by atoms with Gasteiger partial charge in [-0.2, -0.15) is 0 Å². The molecule has 0 aromatic heterocycles. The number of hydrogen-bond acceptors (Lipinski definition) is 5. The number of carbonyl (C=O) groups excluding carboxylic acids is 2. The molecule has 0 aliphatic carbocycles. The molecule has 1 amide bonds. The molecule has 1 aliphatic heterocycles. The summed E-state index contributed by atoms with van der Waals surface area (Å²) in [4.78, 5) is 26.9. The highest BCUT2D eigenvalue weighted by Crippen LogP contribution is 2.44. The van der Waals surface area contributed by atoms with Crippen LogP contribution in [0.15, 0.2) is 72.8 Å². The van der Waals surface area contributed by atoms with Crippen molar-refractivity contribution < 1.29 is 23.8 Å². The summed E-state index contributed by atoms with van der Waals surface area (Å²) < 4.78 is 16.8. The van der Waals surface area contributed by atoms with E-state index in [0.29, 0.717) is 29.4 Å². The van der Waals surface area contributed by atoms with E-state index >= 15 is 0 Å². The molecule has 1 fully saturated rings. The van der Waals surface area contributed by atoms with Gasteiger partial charge in [0.05, 0.1) is 19.3 Å². The minimum atomic E-state index is -0.697. The van der Waals surface area contributed by atoms with Crippen molar-refractivity contribution in [1.82, 2.24) is 0 Å². The van der Waals surface area contributed by atoms with Crippen LogP contribution in [0.4, 0.5) is 5.69 Å². The number of aryl methyl sites for hydroxylation is 1. The Balaban J connectivity index is 1.69. The Hall–Kier alpha value is -3.80. The summed E-state index contributed by atoms with van der Waals surface area (Å²) >= 11 is 0. The van der Waals surface area contributed by atoms with E-state index in [9.17, 15) is 9.59 Å². The van der Waals surface area contributed by atoms with Crippen LogP contribution in [0.5, 0.6) is 11.5 Å². The van der Waals surface area contributed by atoms with Crippen molar-refractivity contribution in [2.75, 3.05) is 18.6 Å². The van der Waals surface area contributed by atoms with E-state index in [2.05, 4.69) is 0 Å². The second-order valence-corrected chi connectivity index (χ2v) is 7.47. The summed E-state index contributed by atoms with van der Waals surface area (Å²) in [5.41, 5.74) is 2.91. The molecule has 3 aromatic rings. The molecule has 3 aromatic carbocycles. The van der Waals surface area contributed by atoms with Crippen LogP contribution in [-0.4, -0.2) is 31.7 Å². The van der Waals surface area contributed by atoms with Gasteiger partial charge in [0, 0.05) is 11.3 Å². The molecule has 32 heavy (non-hydrogen) atoms. The third-order valence-corrected chi connectivity index (χ3v) is 5.51. The minimum Gasteiger partial charge on any atom is -0.496 e. The Morgan fingerprint density at radius 2 is 1.59 bits per heavy atom. The number of para-hydroxylation sites is 2. The van der Waals surface area contributed by atoms with Gasteiger partial charge in [-0.3, -0.25) is 9.69 Å². The topological polar surface area (TPSA) is 65.1 Å². The van der Waals surface area contributed by atoms with Crippen LogP contribution in [0.2, 0.25) is 0 Å². The number of carbonyl (C=O) groups is 2. The molecule has 1 aliphatic rings. The zero-order valence-electron chi connectivity index (χ0n) is 18.3. The molecule has 0 bridgehead atoms. The number of amides is 1. The highest BCUT2D eigenvalue weighted by atomic mass is 16.5. The summed E-state index contributed by atoms with van der Waals surface area (Å²) in [6.45, 7) is 4.01. The normalized spacial score (nSPS) is 17.5. The molecule has 1 saturated heterocycles.